The third kappa shape index (κ3) is 5.33. The molecule has 5 heteroatoms. The molecule has 0 aliphatic rings. The molecule has 0 aliphatic carbocycles. The smallest absolute Gasteiger partial charge is 0.207 e. The summed E-state index contributed by atoms with van der Waals surface area (Å²) in [6.07, 6.45) is 6.51. The van der Waals surface area contributed by atoms with Crippen molar-refractivity contribution < 1.29 is 8.42 Å². The van der Waals surface area contributed by atoms with E-state index < -0.39 is 10.0 Å². The largest absolute Gasteiger partial charge is 0.236 e. The standard InChI is InChI=1S/C15H18ClNO2S/c1-3-5-6-12-20(18,19)17(11-4-2)13-14-7-9-15(16)10-8-14/h3-10,12H,2,11,13H2,1H3/b5-3+,12-6+. The predicted octanol–water partition coefficient (Wildman–Crippen LogP) is 3.75. The third-order valence-corrected chi connectivity index (χ3v) is 4.27. The van der Waals surface area contributed by atoms with E-state index in [1.807, 2.05) is 19.1 Å². The molecule has 0 radical (unpaired) electrons. The molecule has 108 valence electrons. The van der Waals surface area contributed by atoms with Gasteiger partial charge in [-0.3, -0.25) is 0 Å². The Hall–Kier alpha value is -1.36. The fraction of sp³-hybridized carbons (Fsp3) is 0.200. The fourth-order valence-corrected chi connectivity index (χ4v) is 2.77. The molecule has 0 bridgehead atoms. The summed E-state index contributed by atoms with van der Waals surface area (Å²) in [4.78, 5) is 0. The zero-order valence-corrected chi connectivity index (χ0v) is 12.9. The first-order chi connectivity index (χ1) is 9.49. The Morgan fingerprint density at radius 3 is 2.45 bits per heavy atom. The zero-order chi connectivity index (χ0) is 15.0. The second kappa shape index (κ2) is 8.04. The maximum atomic E-state index is 12.2. The molecule has 0 aromatic heterocycles. The molecule has 0 saturated carbocycles. The van der Waals surface area contributed by atoms with Gasteiger partial charge in [-0.1, -0.05) is 42.0 Å². The number of allylic oxidation sites excluding steroid dienone is 3. The molecule has 0 spiro atoms. The maximum Gasteiger partial charge on any atom is 0.236 e. The monoisotopic (exact) mass is 311 g/mol. The molecule has 0 unspecified atom stereocenters. The van der Waals surface area contributed by atoms with Gasteiger partial charge >= 0.3 is 0 Å². The van der Waals surface area contributed by atoms with Gasteiger partial charge in [-0.15, -0.1) is 6.58 Å². The van der Waals surface area contributed by atoms with Crippen LogP contribution in [0.4, 0.5) is 0 Å². The molecule has 0 aliphatic heterocycles. The third-order valence-electron chi connectivity index (χ3n) is 2.52. The SMILES string of the molecule is C=CCN(Cc1ccc(Cl)cc1)S(=O)(=O)/C=C/C=C/C. The fourth-order valence-electron chi connectivity index (χ4n) is 1.54. The first-order valence-corrected chi connectivity index (χ1v) is 8.02. The molecular formula is C15H18ClNO2S. The Morgan fingerprint density at radius 2 is 1.90 bits per heavy atom. The molecule has 3 nitrogen and oxygen atoms in total. The van der Waals surface area contributed by atoms with Crippen molar-refractivity contribution in [1.29, 1.82) is 0 Å². The molecular weight excluding hydrogens is 294 g/mol. The minimum Gasteiger partial charge on any atom is -0.207 e. The van der Waals surface area contributed by atoms with E-state index in [4.69, 9.17) is 11.6 Å². The zero-order valence-electron chi connectivity index (χ0n) is 11.4. The summed E-state index contributed by atoms with van der Waals surface area (Å²) in [5.74, 6) is 0. The number of halogens is 1. The molecule has 1 rings (SSSR count). The van der Waals surface area contributed by atoms with Gasteiger partial charge in [0.15, 0.2) is 0 Å². The van der Waals surface area contributed by atoms with E-state index >= 15 is 0 Å². The van der Waals surface area contributed by atoms with Crippen molar-refractivity contribution in [2.24, 2.45) is 0 Å². The van der Waals surface area contributed by atoms with Gasteiger partial charge in [0.25, 0.3) is 0 Å². The Bertz CT molecular complexity index is 589. The van der Waals surface area contributed by atoms with Crippen molar-refractivity contribution in [2.75, 3.05) is 6.54 Å². The van der Waals surface area contributed by atoms with E-state index in [9.17, 15) is 8.42 Å². The predicted molar refractivity (Wildman–Crippen MR) is 84.9 cm³/mol. The van der Waals surface area contributed by atoms with Crippen LogP contribution in [-0.2, 0) is 16.6 Å². The van der Waals surface area contributed by atoms with Crippen LogP contribution in [0, 0.1) is 0 Å². The number of rotatable bonds is 7. The van der Waals surface area contributed by atoms with Crippen LogP contribution in [0.25, 0.3) is 0 Å². The first-order valence-electron chi connectivity index (χ1n) is 6.14. The molecule has 0 heterocycles. The van der Waals surface area contributed by atoms with Crippen molar-refractivity contribution in [1.82, 2.24) is 4.31 Å². The van der Waals surface area contributed by atoms with Gasteiger partial charge in [-0.2, -0.15) is 4.31 Å². The van der Waals surface area contributed by atoms with Gasteiger partial charge in [0.2, 0.25) is 10.0 Å². The van der Waals surface area contributed by atoms with Crippen LogP contribution in [0.2, 0.25) is 5.02 Å². The quantitative estimate of drug-likeness (QED) is 0.568. The van der Waals surface area contributed by atoms with Crippen molar-refractivity contribution in [3.8, 4) is 0 Å². The Labute approximate surface area is 125 Å². The summed E-state index contributed by atoms with van der Waals surface area (Å²) >= 11 is 5.82. The highest BCUT2D eigenvalue weighted by Gasteiger charge is 2.17. The van der Waals surface area contributed by atoms with Crippen molar-refractivity contribution in [3.05, 3.63) is 71.1 Å². The van der Waals surface area contributed by atoms with Crippen LogP contribution in [0.5, 0.6) is 0 Å². The lowest BCUT2D eigenvalue weighted by Gasteiger charge is -2.18. The average molecular weight is 312 g/mol. The number of hydrogen-bond donors (Lipinski definition) is 0. The van der Waals surface area contributed by atoms with E-state index in [1.54, 1.807) is 30.4 Å². The summed E-state index contributed by atoms with van der Waals surface area (Å²) in [6.45, 7) is 5.96. The van der Waals surface area contributed by atoms with Crippen LogP contribution in [-0.4, -0.2) is 19.3 Å². The van der Waals surface area contributed by atoms with E-state index in [0.717, 1.165) is 5.56 Å². The van der Waals surface area contributed by atoms with Crippen LogP contribution >= 0.6 is 11.6 Å². The highest BCUT2D eigenvalue weighted by molar-refractivity contribution is 7.92. The van der Waals surface area contributed by atoms with Gasteiger partial charge in [-0.25, -0.2) is 8.42 Å². The van der Waals surface area contributed by atoms with Crippen molar-refractivity contribution in [2.45, 2.75) is 13.5 Å². The van der Waals surface area contributed by atoms with Gasteiger partial charge in [-0.05, 0) is 30.7 Å². The second-order valence-electron chi connectivity index (χ2n) is 4.11. The van der Waals surface area contributed by atoms with Gasteiger partial charge in [0.1, 0.15) is 0 Å². The summed E-state index contributed by atoms with van der Waals surface area (Å²) < 4.78 is 25.7. The molecule has 0 amide bonds. The van der Waals surface area contributed by atoms with Crippen LogP contribution in [0.1, 0.15) is 12.5 Å². The normalized spacial score (nSPS) is 12.6. The van der Waals surface area contributed by atoms with E-state index in [2.05, 4.69) is 6.58 Å². The number of benzene rings is 1. The molecule has 20 heavy (non-hydrogen) atoms. The lowest BCUT2D eigenvalue weighted by molar-refractivity contribution is 0.446. The number of sulfonamides is 1. The highest BCUT2D eigenvalue weighted by atomic mass is 35.5. The Balaban J connectivity index is 2.93. The van der Waals surface area contributed by atoms with Gasteiger partial charge < -0.3 is 0 Å². The van der Waals surface area contributed by atoms with Crippen molar-refractivity contribution in [3.63, 3.8) is 0 Å². The summed E-state index contributed by atoms with van der Waals surface area (Å²) in [5, 5.41) is 1.81. The average Bonchev–Trinajstić information content (AvgIpc) is 2.41. The van der Waals surface area contributed by atoms with Crippen LogP contribution in [0.3, 0.4) is 0 Å². The van der Waals surface area contributed by atoms with Gasteiger partial charge in [0, 0.05) is 23.5 Å². The maximum absolute atomic E-state index is 12.2. The van der Waals surface area contributed by atoms with Crippen LogP contribution in [0.15, 0.2) is 60.6 Å². The second-order valence-corrected chi connectivity index (χ2v) is 6.36. The van der Waals surface area contributed by atoms with E-state index in [0.29, 0.717) is 5.02 Å². The Morgan fingerprint density at radius 1 is 1.25 bits per heavy atom. The molecule has 0 atom stereocenters. The molecule has 0 saturated heterocycles. The van der Waals surface area contributed by atoms with Gasteiger partial charge in [0.05, 0.1) is 0 Å². The summed E-state index contributed by atoms with van der Waals surface area (Å²) in [6, 6.07) is 7.10. The van der Waals surface area contributed by atoms with E-state index in [1.165, 1.54) is 15.8 Å². The minimum atomic E-state index is -3.47. The summed E-state index contributed by atoms with van der Waals surface area (Å²) in [5.41, 5.74) is 0.874. The lowest BCUT2D eigenvalue weighted by Crippen LogP contribution is -2.29. The minimum absolute atomic E-state index is 0.255. The molecule has 0 N–H and O–H groups in total. The van der Waals surface area contributed by atoms with E-state index in [-0.39, 0.29) is 13.1 Å². The molecule has 1 aromatic rings. The molecule has 0 fully saturated rings. The topological polar surface area (TPSA) is 37.4 Å². The summed E-state index contributed by atoms with van der Waals surface area (Å²) in [7, 11) is -3.47. The Kier molecular flexibility index (Phi) is 6.71. The van der Waals surface area contributed by atoms with Crippen LogP contribution < -0.4 is 0 Å². The van der Waals surface area contributed by atoms with Crippen molar-refractivity contribution >= 4 is 21.6 Å². The molecule has 1 aromatic carbocycles. The first kappa shape index (κ1) is 16.7. The number of hydrogen-bond acceptors (Lipinski definition) is 2. The lowest BCUT2D eigenvalue weighted by atomic mass is 10.2. The highest BCUT2D eigenvalue weighted by Crippen LogP contribution is 2.14. The number of nitrogens with zero attached hydrogens (tertiary/aromatic N) is 1.